The van der Waals surface area contributed by atoms with Crippen LogP contribution >= 0.6 is 0 Å². The van der Waals surface area contributed by atoms with E-state index < -0.39 is 0 Å². The lowest BCUT2D eigenvalue weighted by molar-refractivity contribution is 0.141. The summed E-state index contributed by atoms with van der Waals surface area (Å²) in [5.74, 6) is 2.21. The maximum Gasteiger partial charge on any atom is 0.120 e. The lowest BCUT2D eigenvalue weighted by atomic mass is 10.0. The van der Waals surface area contributed by atoms with Crippen molar-refractivity contribution in [3.05, 3.63) is 23.2 Å². The molecule has 3 heteroatoms. The second-order valence-corrected chi connectivity index (χ2v) is 5.41. The minimum absolute atomic E-state index is 0.696. The topological polar surface area (TPSA) is 28.4 Å². The number of hydrogen-bond acceptors (Lipinski definition) is 3. The van der Waals surface area contributed by atoms with Gasteiger partial charge in [0.2, 0.25) is 0 Å². The molecule has 1 N–H and O–H groups in total. The number of aryl methyl sites for hydroxylation is 1. The molecule has 1 aromatic rings. The average Bonchev–Trinajstić information content (AvgIpc) is 2.70. The van der Waals surface area contributed by atoms with Crippen molar-refractivity contribution in [1.29, 1.82) is 0 Å². The summed E-state index contributed by atoms with van der Waals surface area (Å²) < 4.78 is 5.96. The Hall–Kier alpha value is -0.800. The highest BCUT2D eigenvalue weighted by Gasteiger charge is 2.19. The van der Waals surface area contributed by atoms with Gasteiger partial charge in [-0.2, -0.15) is 0 Å². The zero-order chi connectivity index (χ0) is 13.0. The van der Waals surface area contributed by atoms with Gasteiger partial charge in [0.05, 0.1) is 13.1 Å². The number of nitrogens with zero attached hydrogens (tertiary/aromatic N) is 1. The van der Waals surface area contributed by atoms with Crippen LogP contribution in [0.5, 0.6) is 0 Å². The standard InChI is InChI=1S/C15H26N2O/c1-4-16-10-15-12(2)9-14(18-15)11-17-8-6-5-7-13(17)3/h9,13,16H,4-8,10-11H2,1-3H3. The number of likely N-dealkylation sites (tertiary alicyclic amines) is 1. The Morgan fingerprint density at radius 1 is 1.44 bits per heavy atom. The lowest BCUT2D eigenvalue weighted by Crippen LogP contribution is -2.36. The second-order valence-electron chi connectivity index (χ2n) is 5.41. The number of rotatable bonds is 5. The van der Waals surface area contributed by atoms with Crippen LogP contribution in [0.3, 0.4) is 0 Å². The molecule has 1 atom stereocenters. The molecule has 1 saturated heterocycles. The molecule has 18 heavy (non-hydrogen) atoms. The van der Waals surface area contributed by atoms with Gasteiger partial charge in [0.15, 0.2) is 0 Å². The zero-order valence-corrected chi connectivity index (χ0v) is 12.0. The van der Waals surface area contributed by atoms with Crippen molar-refractivity contribution >= 4 is 0 Å². The predicted octanol–water partition coefficient (Wildman–Crippen LogP) is 3.07. The number of furan rings is 1. The van der Waals surface area contributed by atoms with Gasteiger partial charge >= 0.3 is 0 Å². The zero-order valence-electron chi connectivity index (χ0n) is 12.0. The van der Waals surface area contributed by atoms with E-state index in [1.807, 2.05) is 0 Å². The van der Waals surface area contributed by atoms with Crippen LogP contribution in [0.1, 0.15) is 50.2 Å². The van der Waals surface area contributed by atoms with Crippen molar-refractivity contribution in [2.45, 2.75) is 59.2 Å². The van der Waals surface area contributed by atoms with Gasteiger partial charge in [0, 0.05) is 6.04 Å². The fraction of sp³-hybridized carbons (Fsp3) is 0.733. The Kier molecular flexibility index (Phi) is 4.84. The largest absolute Gasteiger partial charge is 0.463 e. The van der Waals surface area contributed by atoms with E-state index in [0.29, 0.717) is 6.04 Å². The van der Waals surface area contributed by atoms with Crippen LogP contribution in [0.4, 0.5) is 0 Å². The first-order valence-corrected chi connectivity index (χ1v) is 7.23. The van der Waals surface area contributed by atoms with Gasteiger partial charge in [-0.3, -0.25) is 4.90 Å². The summed E-state index contributed by atoms with van der Waals surface area (Å²) in [5.41, 5.74) is 1.27. The fourth-order valence-electron chi connectivity index (χ4n) is 2.67. The normalized spacial score (nSPS) is 21.4. The maximum absolute atomic E-state index is 5.96. The van der Waals surface area contributed by atoms with Crippen molar-refractivity contribution in [1.82, 2.24) is 10.2 Å². The molecular weight excluding hydrogens is 224 g/mol. The summed E-state index contributed by atoms with van der Waals surface area (Å²) in [4.78, 5) is 2.54. The van der Waals surface area contributed by atoms with Crippen molar-refractivity contribution in [2.75, 3.05) is 13.1 Å². The molecule has 1 unspecified atom stereocenters. The monoisotopic (exact) mass is 250 g/mol. The molecule has 1 fully saturated rings. The van der Waals surface area contributed by atoms with E-state index in [9.17, 15) is 0 Å². The molecule has 2 heterocycles. The van der Waals surface area contributed by atoms with Gasteiger partial charge in [-0.1, -0.05) is 13.3 Å². The summed E-state index contributed by atoms with van der Waals surface area (Å²) in [6, 6.07) is 2.90. The first kappa shape index (κ1) is 13.6. The van der Waals surface area contributed by atoms with Crippen LogP contribution in [0.25, 0.3) is 0 Å². The van der Waals surface area contributed by atoms with E-state index in [4.69, 9.17) is 4.42 Å². The Labute approximate surface area is 111 Å². The molecule has 0 aromatic carbocycles. The van der Waals surface area contributed by atoms with E-state index in [-0.39, 0.29) is 0 Å². The number of hydrogen-bond donors (Lipinski definition) is 1. The average molecular weight is 250 g/mol. The third kappa shape index (κ3) is 3.36. The van der Waals surface area contributed by atoms with Crippen LogP contribution in [-0.2, 0) is 13.1 Å². The Balaban J connectivity index is 1.96. The SMILES string of the molecule is CCNCc1oc(CN2CCCCC2C)cc1C. The fourth-order valence-corrected chi connectivity index (χ4v) is 2.67. The van der Waals surface area contributed by atoms with Gasteiger partial charge in [-0.25, -0.2) is 0 Å². The summed E-state index contributed by atoms with van der Waals surface area (Å²) in [7, 11) is 0. The highest BCUT2D eigenvalue weighted by atomic mass is 16.3. The van der Waals surface area contributed by atoms with E-state index in [1.165, 1.54) is 31.4 Å². The van der Waals surface area contributed by atoms with Crippen molar-refractivity contribution < 1.29 is 4.42 Å². The quantitative estimate of drug-likeness (QED) is 0.870. The van der Waals surface area contributed by atoms with Gasteiger partial charge in [0.25, 0.3) is 0 Å². The van der Waals surface area contributed by atoms with E-state index >= 15 is 0 Å². The van der Waals surface area contributed by atoms with Crippen molar-refractivity contribution in [3.63, 3.8) is 0 Å². The van der Waals surface area contributed by atoms with E-state index in [1.54, 1.807) is 0 Å². The predicted molar refractivity (Wildman–Crippen MR) is 74.5 cm³/mol. The number of piperidine rings is 1. The van der Waals surface area contributed by atoms with Crippen LogP contribution in [0, 0.1) is 6.92 Å². The maximum atomic E-state index is 5.96. The van der Waals surface area contributed by atoms with Crippen molar-refractivity contribution in [3.8, 4) is 0 Å². The molecule has 0 aliphatic carbocycles. The van der Waals surface area contributed by atoms with Crippen LogP contribution in [0.2, 0.25) is 0 Å². The highest BCUT2D eigenvalue weighted by Crippen LogP contribution is 2.21. The molecule has 0 radical (unpaired) electrons. The highest BCUT2D eigenvalue weighted by molar-refractivity contribution is 5.20. The molecule has 0 amide bonds. The molecule has 2 rings (SSSR count). The van der Waals surface area contributed by atoms with Crippen LogP contribution < -0.4 is 5.32 Å². The van der Waals surface area contributed by atoms with Crippen molar-refractivity contribution in [2.24, 2.45) is 0 Å². The summed E-state index contributed by atoms with van der Waals surface area (Å²) in [6.07, 6.45) is 4.03. The third-order valence-electron chi connectivity index (χ3n) is 3.91. The molecule has 0 saturated carbocycles. The molecule has 0 spiro atoms. The number of nitrogens with one attached hydrogen (secondary N) is 1. The Morgan fingerprint density at radius 3 is 3.00 bits per heavy atom. The molecule has 102 valence electrons. The lowest BCUT2D eigenvalue weighted by Gasteiger charge is -2.32. The molecule has 3 nitrogen and oxygen atoms in total. The van der Waals surface area contributed by atoms with Gasteiger partial charge < -0.3 is 9.73 Å². The summed E-state index contributed by atoms with van der Waals surface area (Å²) in [5, 5.41) is 3.32. The third-order valence-corrected chi connectivity index (χ3v) is 3.91. The summed E-state index contributed by atoms with van der Waals surface area (Å²) >= 11 is 0. The van der Waals surface area contributed by atoms with Gasteiger partial charge in [0.1, 0.15) is 11.5 Å². The van der Waals surface area contributed by atoms with Gasteiger partial charge in [-0.15, -0.1) is 0 Å². The Bertz CT molecular complexity index is 373. The first-order chi connectivity index (χ1) is 8.70. The smallest absolute Gasteiger partial charge is 0.120 e. The van der Waals surface area contributed by atoms with Gasteiger partial charge in [-0.05, 0) is 51.4 Å². The molecular formula is C15H26N2O. The molecule has 1 aromatic heterocycles. The minimum atomic E-state index is 0.696. The van der Waals surface area contributed by atoms with E-state index in [0.717, 1.165) is 31.2 Å². The van der Waals surface area contributed by atoms with E-state index in [2.05, 4.69) is 37.1 Å². The second kappa shape index (κ2) is 6.39. The molecule has 0 bridgehead atoms. The molecule has 1 aliphatic heterocycles. The minimum Gasteiger partial charge on any atom is -0.463 e. The van der Waals surface area contributed by atoms with Crippen LogP contribution in [0.15, 0.2) is 10.5 Å². The molecule has 1 aliphatic rings. The van der Waals surface area contributed by atoms with Crippen LogP contribution in [-0.4, -0.2) is 24.0 Å². The first-order valence-electron chi connectivity index (χ1n) is 7.23. The summed E-state index contributed by atoms with van der Waals surface area (Å²) in [6.45, 7) is 10.6. The Morgan fingerprint density at radius 2 is 2.28 bits per heavy atom.